The van der Waals surface area contributed by atoms with Crippen molar-refractivity contribution in [2.24, 2.45) is 0 Å². The van der Waals surface area contributed by atoms with Crippen LogP contribution in [0.2, 0.25) is 0 Å². The molecule has 27 heavy (non-hydrogen) atoms. The van der Waals surface area contributed by atoms with Crippen LogP contribution in [0.3, 0.4) is 0 Å². The minimum absolute atomic E-state index is 0.0542. The Labute approximate surface area is 160 Å². The molecule has 2 aromatic carbocycles. The van der Waals surface area contributed by atoms with Gasteiger partial charge in [0.1, 0.15) is 5.82 Å². The van der Waals surface area contributed by atoms with Gasteiger partial charge in [-0.25, -0.2) is 9.18 Å². The van der Waals surface area contributed by atoms with E-state index in [1.165, 1.54) is 30.9 Å². The summed E-state index contributed by atoms with van der Waals surface area (Å²) >= 11 is 1.37. The topological polar surface area (TPSA) is 84.5 Å². The molecular weight excluding hydrogens is 371 g/mol. The molecule has 8 heteroatoms. The summed E-state index contributed by atoms with van der Waals surface area (Å²) in [4.78, 5) is 36.6. The number of hydrogen-bond acceptors (Lipinski definition) is 5. The van der Waals surface area contributed by atoms with Gasteiger partial charge in [-0.05, 0) is 24.3 Å². The zero-order valence-corrected chi connectivity index (χ0v) is 15.4. The van der Waals surface area contributed by atoms with E-state index in [0.717, 1.165) is 4.90 Å². The maximum Gasteiger partial charge on any atom is 0.321 e. The lowest BCUT2D eigenvalue weighted by atomic mass is 10.1. The Morgan fingerprint density at radius 2 is 1.74 bits per heavy atom. The van der Waals surface area contributed by atoms with Gasteiger partial charge in [0.2, 0.25) is 6.10 Å². The molecule has 2 N–H and O–H groups in total. The summed E-state index contributed by atoms with van der Waals surface area (Å²) in [5.74, 6) is -1.24. The van der Waals surface area contributed by atoms with E-state index in [9.17, 15) is 18.8 Å². The number of hydrogen-bond donors (Lipinski definition) is 2. The number of imide groups is 1. The molecule has 0 heterocycles. The molecule has 3 amide bonds. The molecule has 0 aromatic heterocycles. The van der Waals surface area contributed by atoms with Crippen molar-refractivity contribution in [2.45, 2.75) is 17.4 Å². The number of ether oxygens (including phenoxy) is 1. The number of nitrogens with one attached hydrogen (secondary N) is 2. The number of halogens is 1. The number of urea groups is 1. The summed E-state index contributed by atoms with van der Waals surface area (Å²) in [5, 5.41) is 4.38. The van der Waals surface area contributed by atoms with Crippen LogP contribution in [-0.4, -0.2) is 30.7 Å². The van der Waals surface area contributed by atoms with Gasteiger partial charge in [-0.3, -0.25) is 14.9 Å². The van der Waals surface area contributed by atoms with E-state index in [2.05, 4.69) is 10.6 Å². The Kier molecular flexibility index (Phi) is 7.81. The lowest BCUT2D eigenvalue weighted by Crippen LogP contribution is -2.41. The molecule has 0 aliphatic rings. The number of thioether (sulfide) groups is 1. The van der Waals surface area contributed by atoms with Crippen LogP contribution >= 0.6 is 11.8 Å². The molecule has 142 valence electrons. The first-order chi connectivity index (χ1) is 13.0. The molecule has 0 saturated carbocycles. The van der Waals surface area contributed by atoms with Crippen LogP contribution in [0.1, 0.15) is 18.1 Å². The van der Waals surface area contributed by atoms with Gasteiger partial charge in [-0.2, -0.15) is 0 Å². The maximum absolute atomic E-state index is 12.9. The van der Waals surface area contributed by atoms with Gasteiger partial charge in [0, 0.05) is 23.3 Å². The third kappa shape index (κ3) is 6.74. The SMILES string of the molecule is CNC(=O)NC(=O)[C@H](OC(=O)CCSc1ccc(F)cc1)c1ccccc1. The minimum atomic E-state index is -1.23. The molecule has 0 aliphatic heterocycles. The number of rotatable bonds is 7. The van der Waals surface area contributed by atoms with Gasteiger partial charge in [0.25, 0.3) is 5.91 Å². The number of benzene rings is 2. The van der Waals surface area contributed by atoms with E-state index in [1.807, 2.05) is 0 Å². The fraction of sp³-hybridized carbons (Fsp3) is 0.211. The lowest BCUT2D eigenvalue weighted by Gasteiger charge is -2.17. The van der Waals surface area contributed by atoms with Crippen LogP contribution < -0.4 is 10.6 Å². The van der Waals surface area contributed by atoms with Crippen molar-refractivity contribution >= 4 is 29.7 Å². The van der Waals surface area contributed by atoms with Crippen LogP contribution in [0.5, 0.6) is 0 Å². The van der Waals surface area contributed by atoms with Crippen LogP contribution in [-0.2, 0) is 14.3 Å². The molecule has 6 nitrogen and oxygen atoms in total. The molecule has 0 saturated heterocycles. The van der Waals surface area contributed by atoms with E-state index < -0.39 is 24.0 Å². The van der Waals surface area contributed by atoms with E-state index >= 15 is 0 Å². The quantitative estimate of drug-likeness (QED) is 0.561. The molecule has 0 spiro atoms. The van der Waals surface area contributed by atoms with Gasteiger partial charge in [0.05, 0.1) is 6.42 Å². The third-order valence-electron chi connectivity index (χ3n) is 3.44. The molecule has 2 rings (SSSR count). The van der Waals surface area contributed by atoms with Crippen molar-refractivity contribution in [2.75, 3.05) is 12.8 Å². The van der Waals surface area contributed by atoms with E-state index in [1.54, 1.807) is 42.5 Å². The maximum atomic E-state index is 12.9. The summed E-state index contributed by atoms with van der Waals surface area (Å²) < 4.78 is 18.2. The van der Waals surface area contributed by atoms with Crippen molar-refractivity contribution in [3.05, 3.63) is 66.0 Å². The molecule has 2 aromatic rings. The van der Waals surface area contributed by atoms with Gasteiger partial charge >= 0.3 is 12.0 Å². The number of carbonyl (C=O) groups is 3. The van der Waals surface area contributed by atoms with Crippen LogP contribution in [0.4, 0.5) is 9.18 Å². The number of amides is 3. The molecule has 0 bridgehead atoms. The molecule has 1 atom stereocenters. The summed E-state index contributed by atoms with van der Waals surface area (Å²) in [6.45, 7) is 0. The average molecular weight is 390 g/mol. The second-order valence-electron chi connectivity index (χ2n) is 5.40. The van der Waals surface area contributed by atoms with Crippen molar-refractivity contribution < 1.29 is 23.5 Å². The number of carbonyl (C=O) groups excluding carboxylic acids is 3. The molecule has 0 unspecified atom stereocenters. The van der Waals surface area contributed by atoms with Crippen LogP contribution in [0.15, 0.2) is 59.5 Å². The van der Waals surface area contributed by atoms with E-state index in [-0.39, 0.29) is 12.2 Å². The smallest absolute Gasteiger partial charge is 0.321 e. The standard InChI is InChI=1S/C19H19FN2O4S/c1-21-19(25)22-18(24)17(13-5-3-2-4-6-13)26-16(23)11-12-27-15-9-7-14(20)8-10-15/h2-10,17H,11-12H2,1H3,(H2,21,22,24,25)/t17-/m1/s1. The van der Waals surface area contributed by atoms with Crippen LogP contribution in [0, 0.1) is 5.82 Å². The highest BCUT2D eigenvalue weighted by Crippen LogP contribution is 2.21. The van der Waals surface area contributed by atoms with Gasteiger partial charge in [-0.15, -0.1) is 11.8 Å². The highest BCUT2D eigenvalue weighted by atomic mass is 32.2. The number of esters is 1. The largest absolute Gasteiger partial charge is 0.447 e. The molecule has 0 radical (unpaired) electrons. The highest BCUT2D eigenvalue weighted by Gasteiger charge is 2.26. The predicted octanol–water partition coefficient (Wildman–Crippen LogP) is 3.05. The Morgan fingerprint density at radius 3 is 2.37 bits per heavy atom. The molecule has 0 fully saturated rings. The Morgan fingerprint density at radius 1 is 1.07 bits per heavy atom. The first-order valence-electron chi connectivity index (χ1n) is 8.15. The van der Waals surface area contributed by atoms with Gasteiger partial charge in [0.15, 0.2) is 0 Å². The summed E-state index contributed by atoms with van der Waals surface area (Å²) in [5.41, 5.74) is 0.457. The Hall–Kier alpha value is -2.87. The second kappa shape index (κ2) is 10.3. The predicted molar refractivity (Wildman–Crippen MR) is 99.6 cm³/mol. The fourth-order valence-electron chi connectivity index (χ4n) is 2.11. The highest BCUT2D eigenvalue weighted by molar-refractivity contribution is 7.99. The molecular formula is C19H19FN2O4S. The van der Waals surface area contributed by atoms with Crippen molar-refractivity contribution in [3.63, 3.8) is 0 Å². The zero-order chi connectivity index (χ0) is 19.6. The van der Waals surface area contributed by atoms with Gasteiger partial charge in [-0.1, -0.05) is 30.3 Å². The average Bonchev–Trinajstić information content (AvgIpc) is 2.68. The van der Waals surface area contributed by atoms with E-state index in [0.29, 0.717) is 11.3 Å². The second-order valence-corrected chi connectivity index (χ2v) is 6.57. The van der Waals surface area contributed by atoms with E-state index in [4.69, 9.17) is 4.74 Å². The van der Waals surface area contributed by atoms with Crippen molar-refractivity contribution in [1.29, 1.82) is 0 Å². The van der Waals surface area contributed by atoms with Gasteiger partial charge < -0.3 is 10.1 Å². The Bertz CT molecular complexity index is 784. The normalized spacial score (nSPS) is 11.3. The summed E-state index contributed by atoms with van der Waals surface area (Å²) in [7, 11) is 1.37. The van der Waals surface area contributed by atoms with Crippen LogP contribution in [0.25, 0.3) is 0 Å². The molecule has 0 aliphatic carbocycles. The first-order valence-corrected chi connectivity index (χ1v) is 9.13. The summed E-state index contributed by atoms with van der Waals surface area (Å²) in [6, 6.07) is 13.7. The lowest BCUT2D eigenvalue weighted by molar-refractivity contribution is -0.155. The van der Waals surface area contributed by atoms with Crippen molar-refractivity contribution in [1.82, 2.24) is 10.6 Å². The first kappa shape index (κ1) is 20.4. The Balaban J connectivity index is 1.95. The fourth-order valence-corrected chi connectivity index (χ4v) is 2.95. The minimum Gasteiger partial charge on any atom is -0.447 e. The zero-order valence-electron chi connectivity index (χ0n) is 14.6. The third-order valence-corrected chi connectivity index (χ3v) is 4.46. The summed E-state index contributed by atoms with van der Waals surface area (Å²) in [6.07, 6.45) is -1.18. The van der Waals surface area contributed by atoms with Crippen molar-refractivity contribution in [3.8, 4) is 0 Å². The monoisotopic (exact) mass is 390 g/mol.